The zero-order chi connectivity index (χ0) is 29.0. The zero-order valence-corrected chi connectivity index (χ0v) is 22.0. The van der Waals surface area contributed by atoms with Crippen LogP contribution in [-0.4, -0.2) is 82.8 Å². The number of hydrogen-bond acceptors (Lipinski definition) is 8. The van der Waals surface area contributed by atoms with E-state index in [2.05, 4.69) is 5.32 Å². The van der Waals surface area contributed by atoms with Gasteiger partial charge in [0.2, 0.25) is 0 Å². The number of urea groups is 1. The summed E-state index contributed by atoms with van der Waals surface area (Å²) in [5.74, 6) is -4.10. The highest BCUT2D eigenvalue weighted by Gasteiger charge is 2.41. The molecule has 4 rings (SSSR count). The average molecular weight is 550 g/mol. The number of piperazine rings is 1. The number of carboxylic acid groups (broad SMARTS) is 1. The first kappa shape index (κ1) is 28.8. The maximum Gasteiger partial charge on any atom is 0.526 e. The second-order valence-electron chi connectivity index (χ2n) is 9.75. The molecule has 4 amide bonds. The second-order valence-corrected chi connectivity index (χ2v) is 9.75. The molecule has 2 aliphatic rings. The number of Topliss-reactive ketones (excluding diaryl/α,β-unsaturated/α-hetero) is 1. The Morgan fingerprint density at radius 3 is 2.50 bits per heavy atom. The van der Waals surface area contributed by atoms with Crippen molar-refractivity contribution in [2.24, 2.45) is 5.73 Å². The van der Waals surface area contributed by atoms with E-state index in [0.29, 0.717) is 30.6 Å². The number of carbonyl (C=O) groups excluding carboxylic acids is 4. The minimum Gasteiger partial charge on any atom is -0.535 e. The van der Waals surface area contributed by atoms with Gasteiger partial charge in [-0.1, -0.05) is 36.4 Å². The van der Waals surface area contributed by atoms with Crippen LogP contribution in [0.3, 0.4) is 0 Å². The number of ketones is 1. The van der Waals surface area contributed by atoms with Crippen LogP contribution in [0.4, 0.5) is 4.79 Å². The first-order valence-corrected chi connectivity index (χ1v) is 13.1. The van der Waals surface area contributed by atoms with Crippen LogP contribution in [0.2, 0.25) is 5.82 Å². The largest absolute Gasteiger partial charge is 0.535 e. The highest BCUT2D eigenvalue weighted by molar-refractivity contribution is 6.47. The van der Waals surface area contributed by atoms with E-state index in [9.17, 15) is 34.1 Å². The minimum absolute atomic E-state index is 0.0154. The number of hydrogen-bond donors (Lipinski definition) is 4. The molecule has 0 spiro atoms. The summed E-state index contributed by atoms with van der Waals surface area (Å²) in [6.07, 6.45) is 0.572. The SMILES string of the molecule is CCN1CCN(C(=O)NC(C(=O)C[C@H]2Cc3cccc(C(=O)O)c3OB2O)c2ccc(CCN)cc2)C(=O)C1=O. The van der Waals surface area contributed by atoms with Gasteiger partial charge in [0.05, 0.1) is 5.56 Å². The predicted molar refractivity (Wildman–Crippen MR) is 144 cm³/mol. The summed E-state index contributed by atoms with van der Waals surface area (Å²) in [5.41, 5.74) is 7.45. The summed E-state index contributed by atoms with van der Waals surface area (Å²) in [5, 5.41) is 22.7. The number of nitrogens with one attached hydrogen (secondary N) is 1. The van der Waals surface area contributed by atoms with Crippen molar-refractivity contribution in [1.82, 2.24) is 15.1 Å². The van der Waals surface area contributed by atoms with Crippen molar-refractivity contribution < 1.29 is 38.8 Å². The van der Waals surface area contributed by atoms with Gasteiger partial charge in [-0.05, 0) is 49.1 Å². The number of amides is 4. The summed E-state index contributed by atoms with van der Waals surface area (Å²) >= 11 is 0. The number of fused-ring (bicyclic) bond motifs is 1. The number of nitrogens with zero attached hydrogens (tertiary/aromatic N) is 2. The van der Waals surface area contributed by atoms with Crippen LogP contribution in [-0.2, 0) is 27.2 Å². The van der Waals surface area contributed by atoms with Gasteiger partial charge in [0.25, 0.3) is 0 Å². The number of likely N-dealkylation sites (N-methyl/N-ethyl adjacent to an activating group) is 1. The summed E-state index contributed by atoms with van der Waals surface area (Å²) in [7, 11) is -1.46. The van der Waals surface area contributed by atoms with Gasteiger partial charge in [-0.2, -0.15) is 0 Å². The van der Waals surface area contributed by atoms with Crippen molar-refractivity contribution in [2.45, 2.75) is 38.0 Å². The molecule has 0 radical (unpaired) electrons. The van der Waals surface area contributed by atoms with Crippen molar-refractivity contribution in [3.63, 3.8) is 0 Å². The molecule has 12 nitrogen and oxygen atoms in total. The van der Waals surface area contributed by atoms with Crippen LogP contribution < -0.4 is 15.7 Å². The van der Waals surface area contributed by atoms with E-state index >= 15 is 0 Å². The number of rotatable bonds is 9. The number of benzene rings is 2. The Morgan fingerprint density at radius 1 is 1.12 bits per heavy atom. The summed E-state index contributed by atoms with van der Waals surface area (Å²) in [6, 6.07) is 9.45. The van der Waals surface area contributed by atoms with Gasteiger partial charge in [0.15, 0.2) is 5.78 Å². The Labute approximate surface area is 231 Å². The van der Waals surface area contributed by atoms with Gasteiger partial charge in [-0.25, -0.2) is 9.59 Å². The second kappa shape index (κ2) is 12.3. The van der Waals surface area contributed by atoms with Crippen LogP contribution in [0.25, 0.3) is 0 Å². The smallest absolute Gasteiger partial charge is 0.526 e. The molecule has 210 valence electrons. The molecule has 0 saturated carbocycles. The lowest BCUT2D eigenvalue weighted by atomic mass is 9.64. The van der Waals surface area contributed by atoms with Gasteiger partial charge < -0.3 is 30.7 Å². The number of nitrogens with two attached hydrogens (primary N) is 1. The molecule has 1 fully saturated rings. The fraction of sp³-hybridized carbons (Fsp3) is 0.370. The molecular formula is C27H31BN4O8. The molecule has 1 unspecified atom stereocenters. The lowest BCUT2D eigenvalue weighted by Gasteiger charge is -2.33. The molecule has 2 heterocycles. The third kappa shape index (κ3) is 6.00. The Hall–Kier alpha value is -4.23. The van der Waals surface area contributed by atoms with Crippen molar-refractivity contribution in [1.29, 1.82) is 0 Å². The van der Waals surface area contributed by atoms with Gasteiger partial charge in [0.1, 0.15) is 11.8 Å². The molecule has 0 aromatic heterocycles. The maximum atomic E-state index is 13.6. The Balaban J connectivity index is 1.56. The zero-order valence-electron chi connectivity index (χ0n) is 22.0. The highest BCUT2D eigenvalue weighted by atomic mass is 16.5. The number of carbonyl (C=O) groups is 5. The van der Waals surface area contributed by atoms with E-state index in [1.165, 1.54) is 11.0 Å². The van der Waals surface area contributed by atoms with Crippen molar-refractivity contribution >= 4 is 36.7 Å². The number of aromatic carboxylic acids is 1. The standard InChI is InChI=1S/C27H31BN4O8/c1-2-31-12-13-32(25(35)24(31)34)27(38)30-22(17-8-6-16(7-9-17)10-11-29)21(33)15-19-14-18-4-3-5-20(26(36)37)23(18)40-28(19)39/h3-9,19,22,39H,2,10-15,29H2,1H3,(H,30,38)(H,36,37)/t19-,22?/m1/s1. The molecule has 40 heavy (non-hydrogen) atoms. The van der Waals surface area contributed by atoms with E-state index in [4.69, 9.17) is 10.4 Å². The highest BCUT2D eigenvalue weighted by Crippen LogP contribution is 2.37. The molecule has 0 aliphatic carbocycles. The van der Waals surface area contributed by atoms with E-state index in [1.54, 1.807) is 43.3 Å². The van der Waals surface area contributed by atoms with Gasteiger partial charge in [-0.3, -0.25) is 19.3 Å². The number of imide groups is 1. The topological polar surface area (TPSA) is 180 Å². The lowest BCUT2D eigenvalue weighted by Crippen LogP contribution is -2.58. The van der Waals surface area contributed by atoms with Crippen LogP contribution in [0, 0.1) is 0 Å². The fourth-order valence-corrected chi connectivity index (χ4v) is 4.97. The molecule has 2 aliphatic heterocycles. The molecule has 0 bridgehead atoms. The van der Waals surface area contributed by atoms with E-state index in [0.717, 1.165) is 10.5 Å². The van der Waals surface area contributed by atoms with E-state index in [-0.39, 0.29) is 37.2 Å². The van der Waals surface area contributed by atoms with Gasteiger partial charge in [-0.15, -0.1) is 0 Å². The summed E-state index contributed by atoms with van der Waals surface area (Å²) < 4.78 is 5.52. The quantitative estimate of drug-likeness (QED) is 0.259. The van der Waals surface area contributed by atoms with Crippen LogP contribution >= 0.6 is 0 Å². The molecule has 2 aromatic carbocycles. The third-order valence-electron chi connectivity index (χ3n) is 7.19. The van der Waals surface area contributed by atoms with E-state index in [1.807, 2.05) is 0 Å². The van der Waals surface area contributed by atoms with Crippen molar-refractivity contribution in [3.05, 3.63) is 64.7 Å². The molecule has 1 saturated heterocycles. The minimum atomic E-state index is -1.46. The normalized spacial score (nSPS) is 17.7. The fourth-order valence-electron chi connectivity index (χ4n) is 4.97. The Bertz CT molecular complexity index is 1320. The lowest BCUT2D eigenvalue weighted by molar-refractivity contribution is -0.153. The third-order valence-corrected chi connectivity index (χ3v) is 7.19. The van der Waals surface area contributed by atoms with Crippen molar-refractivity contribution in [3.8, 4) is 5.75 Å². The van der Waals surface area contributed by atoms with Crippen LogP contribution in [0.15, 0.2) is 42.5 Å². The number of carboxylic acids is 1. The maximum absolute atomic E-state index is 13.6. The van der Waals surface area contributed by atoms with Crippen LogP contribution in [0.5, 0.6) is 5.75 Å². The van der Waals surface area contributed by atoms with Crippen molar-refractivity contribution in [2.75, 3.05) is 26.2 Å². The summed E-state index contributed by atoms with van der Waals surface area (Å²) in [6.45, 7) is 2.67. The molecule has 5 N–H and O–H groups in total. The Morgan fingerprint density at radius 2 is 1.85 bits per heavy atom. The van der Waals surface area contributed by atoms with Crippen LogP contribution in [0.1, 0.15) is 46.4 Å². The monoisotopic (exact) mass is 550 g/mol. The van der Waals surface area contributed by atoms with E-state index < -0.39 is 48.6 Å². The molecule has 2 atom stereocenters. The predicted octanol–water partition coefficient (Wildman–Crippen LogP) is 0.772. The first-order valence-electron chi connectivity index (χ1n) is 13.1. The molecular weight excluding hydrogens is 519 g/mol. The molecule has 2 aromatic rings. The average Bonchev–Trinajstić information content (AvgIpc) is 2.93. The first-order chi connectivity index (χ1) is 19.1. The Kier molecular flexibility index (Phi) is 8.85. The van der Waals surface area contributed by atoms with Gasteiger partial charge in [0, 0.05) is 31.9 Å². The van der Waals surface area contributed by atoms with Gasteiger partial charge >= 0.3 is 30.9 Å². The number of para-hydroxylation sites is 1. The summed E-state index contributed by atoms with van der Waals surface area (Å²) in [4.78, 5) is 65.4. The molecule has 13 heteroatoms.